The van der Waals surface area contributed by atoms with E-state index in [9.17, 15) is 0 Å². The molecule has 0 amide bonds. The maximum Gasteiger partial charge on any atom is 0.0609 e. The topological polar surface area (TPSA) is 20.2 Å². The standard InChI is InChI=1S/C11H9OP/c12-13-11-8-4-7-10(11)9-5-2-1-3-6-9/h1-8,12H. The van der Waals surface area contributed by atoms with Crippen molar-refractivity contribution in [2.45, 2.75) is 0 Å². The van der Waals surface area contributed by atoms with Crippen molar-refractivity contribution < 1.29 is 4.89 Å². The van der Waals surface area contributed by atoms with Crippen molar-refractivity contribution in [3.05, 3.63) is 54.1 Å². The highest BCUT2D eigenvalue weighted by atomic mass is 31.1. The molecule has 64 valence electrons. The third-order valence-corrected chi connectivity index (χ3v) is 2.59. The van der Waals surface area contributed by atoms with Gasteiger partial charge in [-0.05, 0) is 17.2 Å². The van der Waals surface area contributed by atoms with E-state index in [1.54, 1.807) is 0 Å². The molecule has 1 N–H and O–H groups in total. The van der Waals surface area contributed by atoms with Crippen molar-refractivity contribution in [3.8, 4) is 0 Å². The number of hydrogen-bond donors (Lipinski definition) is 1. The SMILES string of the molecule is OP=C1C=CC=C1c1ccccc1. The Kier molecular flexibility index (Phi) is 2.40. The molecular formula is C11H9OP. The van der Waals surface area contributed by atoms with Gasteiger partial charge in [-0.2, -0.15) is 0 Å². The van der Waals surface area contributed by atoms with Crippen LogP contribution in [-0.4, -0.2) is 10.2 Å². The lowest BCUT2D eigenvalue weighted by molar-refractivity contribution is 0.661. The van der Waals surface area contributed by atoms with Crippen LogP contribution in [0.1, 0.15) is 5.56 Å². The first-order valence-electron chi connectivity index (χ1n) is 4.08. The summed E-state index contributed by atoms with van der Waals surface area (Å²) in [4.78, 5) is 9.04. The van der Waals surface area contributed by atoms with E-state index < -0.39 is 0 Å². The maximum atomic E-state index is 9.04. The zero-order chi connectivity index (χ0) is 9.10. The van der Waals surface area contributed by atoms with E-state index in [2.05, 4.69) is 0 Å². The Morgan fingerprint density at radius 3 is 2.54 bits per heavy atom. The van der Waals surface area contributed by atoms with Gasteiger partial charge < -0.3 is 4.89 Å². The molecule has 0 bridgehead atoms. The molecule has 0 atom stereocenters. The first kappa shape index (κ1) is 8.43. The fourth-order valence-electron chi connectivity index (χ4n) is 1.36. The molecule has 0 aromatic heterocycles. The fraction of sp³-hybridized carbons (Fsp3) is 0. The molecule has 1 nitrogen and oxygen atoms in total. The van der Waals surface area contributed by atoms with Gasteiger partial charge in [-0.1, -0.05) is 42.5 Å². The van der Waals surface area contributed by atoms with Gasteiger partial charge in [-0.3, -0.25) is 0 Å². The highest BCUT2D eigenvalue weighted by molar-refractivity contribution is 7.37. The van der Waals surface area contributed by atoms with Gasteiger partial charge in [0.2, 0.25) is 0 Å². The molecule has 0 spiro atoms. The molecule has 0 aliphatic heterocycles. The molecule has 0 heterocycles. The largest absolute Gasteiger partial charge is 0.341 e. The van der Waals surface area contributed by atoms with Gasteiger partial charge in [0.1, 0.15) is 0 Å². The Hall–Kier alpha value is -1.17. The Morgan fingerprint density at radius 1 is 1.08 bits per heavy atom. The van der Waals surface area contributed by atoms with Crippen LogP contribution >= 0.6 is 8.43 Å². The summed E-state index contributed by atoms with van der Waals surface area (Å²) in [6.07, 6.45) is 5.92. The molecule has 1 aliphatic rings. The van der Waals surface area contributed by atoms with Crippen molar-refractivity contribution in [1.29, 1.82) is 0 Å². The summed E-state index contributed by atoms with van der Waals surface area (Å²) >= 11 is 0. The lowest BCUT2D eigenvalue weighted by Crippen LogP contribution is -1.91. The van der Waals surface area contributed by atoms with Crippen LogP contribution in [0.5, 0.6) is 0 Å². The van der Waals surface area contributed by atoms with Crippen LogP contribution in [0.3, 0.4) is 0 Å². The van der Waals surface area contributed by atoms with Crippen molar-refractivity contribution in [2.24, 2.45) is 0 Å². The van der Waals surface area contributed by atoms with Gasteiger partial charge in [0, 0.05) is 5.29 Å². The van der Waals surface area contributed by atoms with E-state index in [1.165, 1.54) is 0 Å². The number of benzene rings is 1. The summed E-state index contributed by atoms with van der Waals surface area (Å²) in [5.74, 6) is 0. The molecule has 13 heavy (non-hydrogen) atoms. The molecule has 0 radical (unpaired) electrons. The van der Waals surface area contributed by atoms with Crippen LogP contribution < -0.4 is 0 Å². The average Bonchev–Trinajstić information content (AvgIpc) is 2.67. The van der Waals surface area contributed by atoms with Gasteiger partial charge in [0.15, 0.2) is 0 Å². The maximum absolute atomic E-state index is 9.04. The summed E-state index contributed by atoms with van der Waals surface area (Å²) in [5.41, 5.74) is 2.27. The summed E-state index contributed by atoms with van der Waals surface area (Å²) in [6, 6.07) is 10.1. The second-order valence-electron chi connectivity index (χ2n) is 2.79. The normalized spacial score (nSPS) is 17.9. The van der Waals surface area contributed by atoms with E-state index >= 15 is 0 Å². The summed E-state index contributed by atoms with van der Waals surface area (Å²) in [5, 5.41) is 0.964. The van der Waals surface area contributed by atoms with Crippen molar-refractivity contribution in [2.75, 3.05) is 0 Å². The Bertz CT molecular complexity index is 388. The highest BCUT2D eigenvalue weighted by Gasteiger charge is 2.08. The molecule has 1 aromatic rings. The minimum atomic E-state index is 0.338. The molecule has 1 aromatic carbocycles. The molecule has 2 heteroatoms. The molecule has 0 saturated heterocycles. The van der Waals surface area contributed by atoms with Crippen LogP contribution in [0.15, 0.2) is 48.6 Å². The summed E-state index contributed by atoms with van der Waals surface area (Å²) < 4.78 is 0. The lowest BCUT2D eigenvalue weighted by Gasteiger charge is -2.02. The van der Waals surface area contributed by atoms with Gasteiger partial charge >= 0.3 is 0 Å². The molecule has 0 unspecified atom stereocenters. The van der Waals surface area contributed by atoms with Gasteiger partial charge in [-0.15, -0.1) is 0 Å². The predicted molar refractivity (Wildman–Crippen MR) is 57.7 cm³/mol. The van der Waals surface area contributed by atoms with Crippen LogP contribution in [0.2, 0.25) is 0 Å². The van der Waals surface area contributed by atoms with Gasteiger partial charge in [0.05, 0.1) is 8.43 Å². The van der Waals surface area contributed by atoms with Crippen molar-refractivity contribution in [3.63, 3.8) is 0 Å². The lowest BCUT2D eigenvalue weighted by atomic mass is 10.1. The van der Waals surface area contributed by atoms with Crippen LogP contribution in [-0.2, 0) is 0 Å². The quantitative estimate of drug-likeness (QED) is 0.672. The van der Waals surface area contributed by atoms with Crippen LogP contribution in [0.25, 0.3) is 5.57 Å². The smallest absolute Gasteiger partial charge is 0.0609 e. The highest BCUT2D eigenvalue weighted by Crippen LogP contribution is 2.23. The van der Waals surface area contributed by atoms with E-state index in [-0.39, 0.29) is 0 Å². The van der Waals surface area contributed by atoms with E-state index in [0.717, 1.165) is 16.4 Å². The molecule has 0 fully saturated rings. The molecule has 1 aliphatic carbocycles. The average molecular weight is 188 g/mol. The summed E-state index contributed by atoms with van der Waals surface area (Å²) in [7, 11) is 0.338. The van der Waals surface area contributed by atoms with Crippen LogP contribution in [0.4, 0.5) is 0 Å². The first-order chi connectivity index (χ1) is 6.42. The minimum Gasteiger partial charge on any atom is -0.341 e. The Balaban J connectivity index is 2.40. The third-order valence-electron chi connectivity index (χ3n) is 1.99. The van der Waals surface area contributed by atoms with E-state index in [0.29, 0.717) is 8.43 Å². The zero-order valence-electron chi connectivity index (χ0n) is 7.01. The first-order valence-corrected chi connectivity index (χ1v) is 4.93. The monoisotopic (exact) mass is 188 g/mol. The summed E-state index contributed by atoms with van der Waals surface area (Å²) in [6.45, 7) is 0. The van der Waals surface area contributed by atoms with Crippen molar-refractivity contribution >= 4 is 19.3 Å². The van der Waals surface area contributed by atoms with Gasteiger partial charge in [0.25, 0.3) is 0 Å². The Morgan fingerprint density at radius 2 is 1.85 bits per heavy atom. The fourth-order valence-corrected chi connectivity index (χ4v) is 1.82. The van der Waals surface area contributed by atoms with Crippen molar-refractivity contribution in [1.82, 2.24) is 0 Å². The van der Waals surface area contributed by atoms with E-state index in [4.69, 9.17) is 4.89 Å². The predicted octanol–water partition coefficient (Wildman–Crippen LogP) is 2.67. The number of allylic oxidation sites excluding steroid dienone is 4. The second kappa shape index (κ2) is 3.69. The number of hydrogen-bond acceptors (Lipinski definition) is 1. The molecule has 0 saturated carbocycles. The molecule has 2 rings (SSSR count). The zero-order valence-corrected chi connectivity index (χ0v) is 7.91. The Labute approximate surface area is 78.9 Å². The van der Waals surface area contributed by atoms with Crippen LogP contribution in [0, 0.1) is 0 Å². The van der Waals surface area contributed by atoms with E-state index in [1.807, 2.05) is 48.6 Å². The third kappa shape index (κ3) is 1.62. The molecular weight excluding hydrogens is 179 g/mol. The second-order valence-corrected chi connectivity index (χ2v) is 3.47. The minimum absolute atomic E-state index is 0.338. The van der Waals surface area contributed by atoms with Gasteiger partial charge in [-0.25, -0.2) is 0 Å². The number of rotatable bonds is 1.